The van der Waals surface area contributed by atoms with Crippen molar-refractivity contribution in [3.63, 3.8) is 0 Å². The van der Waals surface area contributed by atoms with Crippen LogP contribution in [0.4, 0.5) is 5.69 Å². The van der Waals surface area contributed by atoms with Crippen molar-refractivity contribution in [1.82, 2.24) is 10.2 Å². The smallest absolute Gasteiger partial charge is 0.238 e. The molecule has 0 radical (unpaired) electrons. The number of para-hydroxylation sites is 1. The summed E-state index contributed by atoms with van der Waals surface area (Å²) in [4.78, 5) is 14.6. The Balaban J connectivity index is 0.00000225. The van der Waals surface area contributed by atoms with Gasteiger partial charge in [0.05, 0.1) is 6.54 Å². The van der Waals surface area contributed by atoms with E-state index in [1.165, 1.54) is 11.1 Å². The number of hydrogen-bond acceptors (Lipinski definition) is 3. The fraction of sp³-hybridized carbons (Fsp3) is 0.350. The first-order valence-corrected chi connectivity index (χ1v) is 8.65. The lowest BCUT2D eigenvalue weighted by molar-refractivity contribution is -0.118. The summed E-state index contributed by atoms with van der Waals surface area (Å²) in [6.45, 7) is 5.25. The highest BCUT2D eigenvalue weighted by Gasteiger charge is 2.25. The molecule has 1 atom stereocenters. The van der Waals surface area contributed by atoms with Crippen LogP contribution in [0, 0.1) is 0 Å². The Hall–Kier alpha value is -1.88. The molecule has 1 unspecified atom stereocenters. The van der Waals surface area contributed by atoms with Gasteiger partial charge in [0.2, 0.25) is 5.91 Å². The van der Waals surface area contributed by atoms with Crippen molar-refractivity contribution in [2.75, 3.05) is 31.5 Å². The van der Waals surface area contributed by atoms with Crippen LogP contribution in [0.1, 0.15) is 24.1 Å². The Bertz CT molecular complexity index is 660. The van der Waals surface area contributed by atoms with Crippen molar-refractivity contribution in [3.8, 4) is 0 Å². The summed E-state index contributed by atoms with van der Waals surface area (Å²) < 4.78 is 0. The molecule has 1 amide bonds. The molecule has 1 aliphatic rings. The number of carbonyl (C=O) groups is 1. The van der Waals surface area contributed by atoms with Gasteiger partial charge in [-0.15, -0.1) is 12.4 Å². The second-order valence-electron chi connectivity index (χ2n) is 6.20. The van der Waals surface area contributed by atoms with Gasteiger partial charge in [-0.25, -0.2) is 0 Å². The lowest BCUT2D eigenvalue weighted by Gasteiger charge is -2.36. The maximum absolute atomic E-state index is 12.4. The molecule has 0 saturated carbocycles. The molecular weight excluding hydrogens is 334 g/mol. The average molecular weight is 360 g/mol. The number of carbonyl (C=O) groups excluding carboxylic acids is 1. The van der Waals surface area contributed by atoms with E-state index < -0.39 is 0 Å². The van der Waals surface area contributed by atoms with Crippen molar-refractivity contribution in [1.29, 1.82) is 0 Å². The van der Waals surface area contributed by atoms with E-state index in [1.807, 2.05) is 30.3 Å². The predicted octanol–water partition coefficient (Wildman–Crippen LogP) is 3.26. The normalized spacial score (nSPS) is 17.6. The maximum atomic E-state index is 12.4. The Morgan fingerprint density at radius 3 is 2.56 bits per heavy atom. The highest BCUT2D eigenvalue weighted by Crippen LogP contribution is 2.22. The van der Waals surface area contributed by atoms with Crippen LogP contribution in [-0.2, 0) is 11.2 Å². The third kappa shape index (κ3) is 5.30. The molecule has 0 bridgehead atoms. The molecule has 2 aromatic carbocycles. The van der Waals surface area contributed by atoms with Crippen molar-refractivity contribution in [2.24, 2.45) is 0 Å². The Morgan fingerprint density at radius 1 is 1.16 bits per heavy atom. The van der Waals surface area contributed by atoms with Crippen LogP contribution >= 0.6 is 12.4 Å². The summed E-state index contributed by atoms with van der Waals surface area (Å²) in [5.41, 5.74) is 3.46. The topological polar surface area (TPSA) is 44.4 Å². The van der Waals surface area contributed by atoms with Gasteiger partial charge in [-0.2, -0.15) is 0 Å². The number of nitrogens with one attached hydrogen (secondary N) is 2. The molecule has 0 aliphatic carbocycles. The average Bonchev–Trinajstić information content (AvgIpc) is 2.63. The van der Waals surface area contributed by atoms with Gasteiger partial charge in [-0.05, 0) is 29.7 Å². The SMILES string of the molecule is CCc1ccc(C2CNCCN2CC(=O)Nc2ccccc2)cc1.Cl. The molecule has 1 saturated heterocycles. The first-order valence-electron chi connectivity index (χ1n) is 8.65. The molecule has 4 nitrogen and oxygen atoms in total. The van der Waals surface area contributed by atoms with E-state index in [0.717, 1.165) is 31.7 Å². The number of benzene rings is 2. The van der Waals surface area contributed by atoms with Gasteiger partial charge >= 0.3 is 0 Å². The van der Waals surface area contributed by atoms with E-state index in [2.05, 4.69) is 46.7 Å². The number of hydrogen-bond donors (Lipinski definition) is 2. The number of halogens is 1. The highest BCUT2D eigenvalue weighted by molar-refractivity contribution is 5.92. The lowest BCUT2D eigenvalue weighted by atomic mass is 10.0. The summed E-state index contributed by atoms with van der Waals surface area (Å²) in [5.74, 6) is 0.0401. The summed E-state index contributed by atoms with van der Waals surface area (Å²) in [7, 11) is 0. The monoisotopic (exact) mass is 359 g/mol. The van der Waals surface area contributed by atoms with E-state index in [0.29, 0.717) is 6.54 Å². The zero-order chi connectivity index (χ0) is 16.8. The van der Waals surface area contributed by atoms with E-state index in [1.54, 1.807) is 0 Å². The number of piperazine rings is 1. The minimum absolute atomic E-state index is 0. The molecule has 0 spiro atoms. The number of amides is 1. The largest absolute Gasteiger partial charge is 0.325 e. The Kier molecular flexibility index (Phi) is 7.44. The summed E-state index contributed by atoms with van der Waals surface area (Å²) in [5, 5.41) is 6.42. The van der Waals surface area contributed by atoms with E-state index in [-0.39, 0.29) is 24.4 Å². The first kappa shape index (κ1) is 19.4. The molecule has 3 rings (SSSR count). The first-order chi connectivity index (χ1) is 11.8. The Labute approximate surface area is 156 Å². The van der Waals surface area contributed by atoms with Crippen LogP contribution in [0.3, 0.4) is 0 Å². The molecule has 2 aromatic rings. The third-order valence-corrected chi connectivity index (χ3v) is 4.53. The van der Waals surface area contributed by atoms with Crippen molar-refractivity contribution >= 4 is 24.0 Å². The number of nitrogens with zero attached hydrogens (tertiary/aromatic N) is 1. The van der Waals surface area contributed by atoms with Crippen molar-refractivity contribution < 1.29 is 4.79 Å². The molecule has 5 heteroatoms. The van der Waals surface area contributed by atoms with Crippen LogP contribution in [0.5, 0.6) is 0 Å². The van der Waals surface area contributed by atoms with Gasteiger partial charge in [-0.3, -0.25) is 9.69 Å². The van der Waals surface area contributed by atoms with Gasteiger partial charge in [0.25, 0.3) is 0 Å². The molecule has 25 heavy (non-hydrogen) atoms. The predicted molar refractivity (Wildman–Crippen MR) is 105 cm³/mol. The van der Waals surface area contributed by atoms with Crippen molar-refractivity contribution in [3.05, 3.63) is 65.7 Å². The second-order valence-corrected chi connectivity index (χ2v) is 6.20. The second kappa shape index (κ2) is 9.56. The van der Waals surface area contributed by atoms with E-state index >= 15 is 0 Å². The van der Waals surface area contributed by atoms with Crippen LogP contribution in [0.2, 0.25) is 0 Å². The molecule has 134 valence electrons. The molecule has 1 aliphatic heterocycles. The number of aryl methyl sites for hydroxylation is 1. The molecule has 1 heterocycles. The van der Waals surface area contributed by atoms with Gasteiger partial charge < -0.3 is 10.6 Å². The fourth-order valence-corrected chi connectivity index (χ4v) is 3.15. The number of anilines is 1. The lowest BCUT2D eigenvalue weighted by Crippen LogP contribution is -2.48. The third-order valence-electron chi connectivity index (χ3n) is 4.53. The zero-order valence-electron chi connectivity index (χ0n) is 14.6. The van der Waals surface area contributed by atoms with Gasteiger partial charge in [0.1, 0.15) is 0 Å². The summed E-state index contributed by atoms with van der Waals surface area (Å²) >= 11 is 0. The molecule has 2 N–H and O–H groups in total. The maximum Gasteiger partial charge on any atom is 0.238 e. The number of rotatable bonds is 5. The zero-order valence-corrected chi connectivity index (χ0v) is 15.4. The van der Waals surface area contributed by atoms with Crippen LogP contribution in [0.15, 0.2) is 54.6 Å². The Morgan fingerprint density at radius 2 is 1.88 bits per heavy atom. The molecule has 0 aromatic heterocycles. The highest BCUT2D eigenvalue weighted by atomic mass is 35.5. The quantitative estimate of drug-likeness (QED) is 0.861. The molecule has 1 fully saturated rings. The van der Waals surface area contributed by atoms with Gasteiger partial charge in [0.15, 0.2) is 0 Å². The summed E-state index contributed by atoms with van der Waals surface area (Å²) in [6.07, 6.45) is 1.05. The standard InChI is InChI=1S/C20H25N3O.ClH/c1-2-16-8-10-17(11-9-16)19-14-21-12-13-23(19)15-20(24)22-18-6-4-3-5-7-18;/h3-11,19,21H,2,12-15H2,1H3,(H,22,24);1H. The minimum atomic E-state index is 0. The van der Waals surface area contributed by atoms with Crippen LogP contribution in [-0.4, -0.2) is 37.0 Å². The van der Waals surface area contributed by atoms with Crippen molar-refractivity contribution in [2.45, 2.75) is 19.4 Å². The van der Waals surface area contributed by atoms with Gasteiger partial charge in [0, 0.05) is 31.4 Å². The molecular formula is C20H26ClN3O. The fourth-order valence-electron chi connectivity index (χ4n) is 3.15. The van der Waals surface area contributed by atoms with Gasteiger partial charge in [-0.1, -0.05) is 49.4 Å². The summed E-state index contributed by atoms with van der Waals surface area (Å²) in [6, 6.07) is 18.6. The van der Waals surface area contributed by atoms with E-state index in [9.17, 15) is 4.79 Å². The van der Waals surface area contributed by atoms with Crippen LogP contribution < -0.4 is 10.6 Å². The van der Waals surface area contributed by atoms with E-state index in [4.69, 9.17) is 0 Å². The minimum Gasteiger partial charge on any atom is -0.325 e. The van der Waals surface area contributed by atoms with Crippen LogP contribution in [0.25, 0.3) is 0 Å².